The van der Waals surface area contributed by atoms with Crippen molar-refractivity contribution in [3.8, 4) is 5.75 Å². The third-order valence-corrected chi connectivity index (χ3v) is 5.56. The molecular formula is C20H16Cl2N2O3S. The van der Waals surface area contributed by atoms with Crippen molar-refractivity contribution in [3.63, 3.8) is 0 Å². The molecule has 0 spiro atoms. The molecule has 144 valence electrons. The lowest BCUT2D eigenvalue weighted by Gasteiger charge is -2.08. The van der Waals surface area contributed by atoms with E-state index in [9.17, 15) is 8.42 Å². The van der Waals surface area contributed by atoms with Crippen molar-refractivity contribution >= 4 is 39.4 Å². The number of nitrogens with zero attached hydrogens (tertiary/aromatic N) is 1. The molecule has 0 amide bonds. The quantitative estimate of drug-likeness (QED) is 0.425. The van der Waals surface area contributed by atoms with Gasteiger partial charge in [0.15, 0.2) is 0 Å². The number of rotatable bonds is 7. The molecule has 28 heavy (non-hydrogen) atoms. The number of hydrogen-bond donors (Lipinski definition) is 1. The lowest BCUT2D eigenvalue weighted by Crippen LogP contribution is -2.18. The molecule has 3 rings (SSSR count). The van der Waals surface area contributed by atoms with Gasteiger partial charge in [0.2, 0.25) is 0 Å². The largest absolute Gasteiger partial charge is 0.489 e. The Morgan fingerprint density at radius 2 is 1.68 bits per heavy atom. The van der Waals surface area contributed by atoms with Crippen LogP contribution in [0.1, 0.15) is 11.1 Å². The third-order valence-electron chi connectivity index (χ3n) is 3.73. The molecule has 0 aliphatic heterocycles. The molecule has 0 bridgehead atoms. The van der Waals surface area contributed by atoms with Crippen LogP contribution in [0.3, 0.4) is 0 Å². The predicted octanol–water partition coefficient (Wildman–Crippen LogP) is 4.88. The maximum Gasteiger partial charge on any atom is 0.276 e. The Kier molecular flexibility index (Phi) is 6.57. The molecule has 0 atom stereocenters. The molecule has 5 nitrogen and oxygen atoms in total. The van der Waals surface area contributed by atoms with Crippen molar-refractivity contribution in [1.29, 1.82) is 0 Å². The molecule has 0 aliphatic rings. The number of benzene rings is 3. The Labute approximate surface area is 173 Å². The first kappa shape index (κ1) is 20.2. The second kappa shape index (κ2) is 9.10. The van der Waals surface area contributed by atoms with Gasteiger partial charge in [-0.25, -0.2) is 4.83 Å². The van der Waals surface area contributed by atoms with E-state index in [4.69, 9.17) is 27.9 Å². The molecule has 1 N–H and O–H groups in total. The van der Waals surface area contributed by atoms with Gasteiger partial charge in [0, 0.05) is 15.6 Å². The highest BCUT2D eigenvalue weighted by atomic mass is 35.5. The summed E-state index contributed by atoms with van der Waals surface area (Å²) in [5, 5.41) is 4.91. The molecule has 3 aromatic rings. The van der Waals surface area contributed by atoms with E-state index in [0.29, 0.717) is 28.0 Å². The fourth-order valence-electron chi connectivity index (χ4n) is 2.27. The maximum absolute atomic E-state index is 12.1. The molecule has 0 saturated heterocycles. The van der Waals surface area contributed by atoms with Gasteiger partial charge < -0.3 is 4.74 Å². The standard InChI is InChI=1S/C20H16Cl2N2O3S/c21-17-9-8-16(20(22)12-17)14-27-18-10-6-15(7-11-18)13-23-24-28(25,26)19-4-2-1-3-5-19/h1-13,24H,14H2/b23-13-. The Bertz CT molecular complexity index is 1070. The summed E-state index contributed by atoms with van der Waals surface area (Å²) < 4.78 is 29.9. The van der Waals surface area contributed by atoms with Gasteiger partial charge >= 0.3 is 0 Å². The average Bonchev–Trinajstić information content (AvgIpc) is 2.69. The van der Waals surface area contributed by atoms with Gasteiger partial charge in [-0.3, -0.25) is 0 Å². The summed E-state index contributed by atoms with van der Waals surface area (Å²) in [5.74, 6) is 0.646. The zero-order valence-corrected chi connectivity index (χ0v) is 16.9. The molecule has 0 aliphatic carbocycles. The van der Waals surface area contributed by atoms with Gasteiger partial charge in [0.25, 0.3) is 10.0 Å². The molecule has 8 heteroatoms. The van der Waals surface area contributed by atoms with Crippen LogP contribution in [0.15, 0.2) is 82.8 Å². The first-order chi connectivity index (χ1) is 13.4. The minimum Gasteiger partial charge on any atom is -0.489 e. The van der Waals surface area contributed by atoms with Gasteiger partial charge in [-0.05, 0) is 54.1 Å². The number of hydrogen-bond acceptors (Lipinski definition) is 4. The smallest absolute Gasteiger partial charge is 0.276 e. The van der Waals surface area contributed by atoms with E-state index in [-0.39, 0.29) is 4.90 Å². The van der Waals surface area contributed by atoms with Crippen LogP contribution < -0.4 is 9.57 Å². The first-order valence-electron chi connectivity index (χ1n) is 8.21. The Morgan fingerprint density at radius 1 is 0.964 bits per heavy atom. The fraction of sp³-hybridized carbons (Fsp3) is 0.0500. The van der Waals surface area contributed by atoms with E-state index in [1.54, 1.807) is 54.6 Å². The summed E-state index contributed by atoms with van der Waals surface area (Å²) in [6.45, 7) is 0.306. The summed E-state index contributed by atoms with van der Waals surface area (Å²) in [5.41, 5.74) is 1.54. The SMILES string of the molecule is O=S(=O)(N/N=C\c1ccc(OCc2ccc(Cl)cc2Cl)cc1)c1ccccc1. The highest BCUT2D eigenvalue weighted by Crippen LogP contribution is 2.22. The molecule has 0 radical (unpaired) electrons. The van der Waals surface area contributed by atoms with Crippen LogP contribution in [0.5, 0.6) is 5.75 Å². The van der Waals surface area contributed by atoms with Crippen LogP contribution in [0.4, 0.5) is 0 Å². The first-order valence-corrected chi connectivity index (χ1v) is 10.4. The van der Waals surface area contributed by atoms with Crippen LogP contribution in [-0.2, 0) is 16.6 Å². The normalized spacial score (nSPS) is 11.5. The zero-order chi connectivity index (χ0) is 20.0. The Hall–Kier alpha value is -2.54. The second-order valence-corrected chi connectivity index (χ2v) is 8.26. The van der Waals surface area contributed by atoms with Crippen LogP contribution in [0.25, 0.3) is 0 Å². The van der Waals surface area contributed by atoms with E-state index in [2.05, 4.69) is 9.93 Å². The molecular weight excluding hydrogens is 419 g/mol. The van der Waals surface area contributed by atoms with Crippen molar-refractivity contribution in [3.05, 3.63) is 94.0 Å². The van der Waals surface area contributed by atoms with E-state index in [1.165, 1.54) is 18.3 Å². The van der Waals surface area contributed by atoms with Crippen molar-refractivity contribution < 1.29 is 13.2 Å². The number of nitrogens with one attached hydrogen (secondary N) is 1. The molecule has 3 aromatic carbocycles. The van der Waals surface area contributed by atoms with Gasteiger partial charge in [-0.2, -0.15) is 13.5 Å². The average molecular weight is 435 g/mol. The van der Waals surface area contributed by atoms with Crippen LogP contribution in [0, 0.1) is 0 Å². The molecule has 0 fully saturated rings. The molecule has 0 unspecified atom stereocenters. The number of halogens is 2. The van der Waals surface area contributed by atoms with Gasteiger partial charge in [-0.1, -0.05) is 47.5 Å². The highest BCUT2D eigenvalue weighted by Gasteiger charge is 2.11. The lowest BCUT2D eigenvalue weighted by molar-refractivity contribution is 0.306. The number of hydrazone groups is 1. The minimum atomic E-state index is -3.68. The van der Waals surface area contributed by atoms with Crippen molar-refractivity contribution in [2.24, 2.45) is 5.10 Å². The lowest BCUT2D eigenvalue weighted by atomic mass is 10.2. The molecule has 0 saturated carbocycles. The third kappa shape index (κ3) is 5.48. The number of sulfonamides is 1. The van der Waals surface area contributed by atoms with E-state index in [0.717, 1.165) is 5.56 Å². The summed E-state index contributed by atoms with van der Waals surface area (Å²) in [4.78, 5) is 2.33. The monoisotopic (exact) mass is 434 g/mol. The maximum atomic E-state index is 12.1. The van der Waals surface area contributed by atoms with Crippen LogP contribution in [-0.4, -0.2) is 14.6 Å². The summed E-state index contributed by atoms with van der Waals surface area (Å²) in [6, 6.07) is 20.3. The molecule has 0 aromatic heterocycles. The van der Waals surface area contributed by atoms with Crippen molar-refractivity contribution in [2.45, 2.75) is 11.5 Å². The predicted molar refractivity (Wildman–Crippen MR) is 112 cm³/mol. The van der Waals surface area contributed by atoms with E-state index < -0.39 is 10.0 Å². The van der Waals surface area contributed by atoms with Gasteiger partial charge in [0.05, 0.1) is 11.1 Å². The minimum absolute atomic E-state index is 0.150. The van der Waals surface area contributed by atoms with Gasteiger partial charge in [0.1, 0.15) is 12.4 Å². The summed E-state index contributed by atoms with van der Waals surface area (Å²) in [6.07, 6.45) is 1.42. The van der Waals surface area contributed by atoms with Gasteiger partial charge in [-0.15, -0.1) is 0 Å². The second-order valence-electron chi connectivity index (χ2n) is 5.76. The fourth-order valence-corrected chi connectivity index (χ4v) is 3.55. The Balaban J connectivity index is 1.57. The van der Waals surface area contributed by atoms with Crippen molar-refractivity contribution in [1.82, 2.24) is 4.83 Å². The molecule has 0 heterocycles. The zero-order valence-electron chi connectivity index (χ0n) is 14.5. The van der Waals surface area contributed by atoms with Crippen LogP contribution >= 0.6 is 23.2 Å². The summed E-state index contributed by atoms with van der Waals surface area (Å²) in [7, 11) is -3.68. The summed E-state index contributed by atoms with van der Waals surface area (Å²) >= 11 is 12.0. The Morgan fingerprint density at radius 3 is 2.36 bits per heavy atom. The topological polar surface area (TPSA) is 67.8 Å². The van der Waals surface area contributed by atoms with E-state index >= 15 is 0 Å². The highest BCUT2D eigenvalue weighted by molar-refractivity contribution is 7.89. The van der Waals surface area contributed by atoms with Crippen molar-refractivity contribution in [2.75, 3.05) is 0 Å². The van der Waals surface area contributed by atoms with Crippen LogP contribution in [0.2, 0.25) is 10.0 Å². The number of ether oxygens (including phenoxy) is 1. The van der Waals surface area contributed by atoms with E-state index in [1.807, 2.05) is 6.07 Å².